The summed E-state index contributed by atoms with van der Waals surface area (Å²) in [4.78, 5) is 11.8. The van der Waals surface area contributed by atoms with E-state index in [0.29, 0.717) is 10.7 Å². The molecule has 0 aliphatic carbocycles. The van der Waals surface area contributed by atoms with E-state index in [4.69, 9.17) is 17.0 Å². The van der Waals surface area contributed by atoms with Crippen molar-refractivity contribution in [1.29, 1.82) is 0 Å². The number of carbonyl (C=O) groups excluding carboxylic acids is 1. The molecule has 0 radical (unpaired) electrons. The fourth-order valence-corrected chi connectivity index (χ4v) is 2.47. The number of hydrogen-bond donors (Lipinski definition) is 2. The Kier molecular flexibility index (Phi) is 6.12. The molecule has 0 saturated carbocycles. The highest BCUT2D eigenvalue weighted by atomic mass is 79.9. The molecule has 0 aromatic heterocycles. The minimum absolute atomic E-state index is 0.137. The first-order valence-corrected chi connectivity index (χ1v) is 8.29. The number of thiocarbonyl (C=S) groups is 1. The van der Waals surface area contributed by atoms with E-state index >= 15 is 0 Å². The quantitative estimate of drug-likeness (QED) is 0.576. The summed E-state index contributed by atoms with van der Waals surface area (Å²) < 4.78 is 6.12. The number of benzene rings is 2. The molecular weight excluding hydrogens is 376 g/mol. The second-order valence-electron chi connectivity index (χ2n) is 5.12. The van der Waals surface area contributed by atoms with Crippen LogP contribution in [0.5, 0.6) is 0 Å². The summed E-state index contributed by atoms with van der Waals surface area (Å²) in [5.74, 6) is -0.332. The Morgan fingerprint density at radius 1 is 1.09 bits per heavy atom. The van der Waals surface area contributed by atoms with E-state index in [1.54, 1.807) is 24.3 Å². The largest absolute Gasteiger partial charge is 0.459 e. The van der Waals surface area contributed by atoms with E-state index in [1.807, 2.05) is 38.1 Å². The monoisotopic (exact) mass is 392 g/mol. The molecule has 2 aromatic carbocycles. The maximum Gasteiger partial charge on any atom is 0.338 e. The molecule has 0 bridgehead atoms. The van der Waals surface area contributed by atoms with E-state index in [2.05, 4.69) is 26.6 Å². The predicted molar refractivity (Wildman–Crippen MR) is 101 cm³/mol. The van der Waals surface area contributed by atoms with Crippen molar-refractivity contribution in [1.82, 2.24) is 0 Å². The molecule has 0 fully saturated rings. The first-order chi connectivity index (χ1) is 10.9. The van der Waals surface area contributed by atoms with E-state index in [9.17, 15) is 4.79 Å². The average Bonchev–Trinajstić information content (AvgIpc) is 2.47. The van der Waals surface area contributed by atoms with Crippen LogP contribution in [0.4, 0.5) is 11.4 Å². The molecule has 2 aromatic rings. The van der Waals surface area contributed by atoms with Crippen molar-refractivity contribution in [2.45, 2.75) is 20.0 Å². The van der Waals surface area contributed by atoms with Gasteiger partial charge in [-0.15, -0.1) is 0 Å². The molecule has 120 valence electrons. The zero-order chi connectivity index (χ0) is 16.8. The van der Waals surface area contributed by atoms with Gasteiger partial charge in [0.05, 0.1) is 11.7 Å². The molecule has 0 aliphatic heterocycles. The third-order valence-corrected chi connectivity index (χ3v) is 3.50. The van der Waals surface area contributed by atoms with Crippen LogP contribution in [0.25, 0.3) is 0 Å². The number of halogens is 1. The molecule has 4 nitrogen and oxygen atoms in total. The molecule has 0 aliphatic rings. The number of anilines is 2. The second kappa shape index (κ2) is 8.08. The number of hydrogen-bond acceptors (Lipinski definition) is 3. The maximum atomic E-state index is 11.8. The highest BCUT2D eigenvalue weighted by Gasteiger charge is 2.09. The smallest absolute Gasteiger partial charge is 0.338 e. The summed E-state index contributed by atoms with van der Waals surface area (Å²) in [6.45, 7) is 3.64. The average molecular weight is 393 g/mol. The molecule has 0 unspecified atom stereocenters. The van der Waals surface area contributed by atoms with Gasteiger partial charge in [0.25, 0.3) is 0 Å². The first kappa shape index (κ1) is 17.4. The van der Waals surface area contributed by atoms with E-state index < -0.39 is 0 Å². The van der Waals surface area contributed by atoms with Gasteiger partial charge in [0, 0.05) is 15.8 Å². The molecule has 2 N–H and O–H groups in total. The summed E-state index contributed by atoms with van der Waals surface area (Å²) in [5, 5.41) is 6.64. The van der Waals surface area contributed by atoms with Gasteiger partial charge in [0.15, 0.2) is 5.11 Å². The van der Waals surface area contributed by atoms with Crippen LogP contribution >= 0.6 is 28.1 Å². The summed E-state index contributed by atoms with van der Waals surface area (Å²) >= 11 is 8.68. The van der Waals surface area contributed by atoms with Crippen LogP contribution < -0.4 is 10.6 Å². The molecule has 0 spiro atoms. The van der Waals surface area contributed by atoms with Crippen molar-refractivity contribution in [3.8, 4) is 0 Å². The second-order valence-corrected chi connectivity index (χ2v) is 6.44. The highest BCUT2D eigenvalue weighted by molar-refractivity contribution is 9.10. The van der Waals surface area contributed by atoms with Crippen molar-refractivity contribution in [3.05, 3.63) is 58.6 Å². The van der Waals surface area contributed by atoms with Gasteiger partial charge in [0.2, 0.25) is 0 Å². The summed E-state index contributed by atoms with van der Waals surface area (Å²) in [5.41, 5.74) is 2.18. The molecule has 0 atom stereocenters. The Labute approximate surface area is 149 Å². The van der Waals surface area contributed by atoms with Gasteiger partial charge >= 0.3 is 5.97 Å². The Morgan fingerprint density at radius 2 is 1.74 bits per heavy atom. The van der Waals surface area contributed by atoms with Crippen LogP contribution in [-0.2, 0) is 4.74 Å². The van der Waals surface area contributed by atoms with Crippen LogP contribution in [0.1, 0.15) is 24.2 Å². The Balaban J connectivity index is 1.95. The molecular formula is C17H17BrN2O2S. The summed E-state index contributed by atoms with van der Waals surface area (Å²) in [7, 11) is 0. The van der Waals surface area contributed by atoms with Gasteiger partial charge in [-0.3, -0.25) is 0 Å². The van der Waals surface area contributed by atoms with E-state index in [0.717, 1.165) is 15.8 Å². The van der Waals surface area contributed by atoms with Crippen molar-refractivity contribution < 1.29 is 9.53 Å². The van der Waals surface area contributed by atoms with Crippen molar-refractivity contribution >= 4 is 50.6 Å². The van der Waals surface area contributed by atoms with Crippen molar-refractivity contribution in [3.63, 3.8) is 0 Å². The fourth-order valence-electron chi connectivity index (χ4n) is 1.83. The van der Waals surface area contributed by atoms with Crippen molar-refractivity contribution in [2.24, 2.45) is 0 Å². The molecule has 0 saturated heterocycles. The zero-order valence-electron chi connectivity index (χ0n) is 12.8. The van der Waals surface area contributed by atoms with Crippen molar-refractivity contribution in [2.75, 3.05) is 10.6 Å². The van der Waals surface area contributed by atoms with E-state index in [1.165, 1.54) is 0 Å². The number of esters is 1. The summed E-state index contributed by atoms with van der Waals surface area (Å²) in [6, 6.07) is 14.7. The number of ether oxygens (including phenoxy) is 1. The topological polar surface area (TPSA) is 50.4 Å². The maximum absolute atomic E-state index is 11.8. The Hall–Kier alpha value is -1.92. The lowest BCUT2D eigenvalue weighted by Crippen LogP contribution is -2.19. The lowest BCUT2D eigenvalue weighted by atomic mass is 10.2. The fraction of sp³-hybridized carbons (Fsp3) is 0.176. The third kappa shape index (κ3) is 5.65. The minimum Gasteiger partial charge on any atom is -0.459 e. The number of carbonyl (C=O) groups is 1. The van der Waals surface area contributed by atoms with Gasteiger partial charge in [-0.2, -0.15) is 0 Å². The number of nitrogens with one attached hydrogen (secondary N) is 2. The van der Waals surface area contributed by atoms with E-state index in [-0.39, 0.29) is 12.1 Å². The summed E-state index contributed by atoms with van der Waals surface area (Å²) in [6.07, 6.45) is -0.137. The molecule has 23 heavy (non-hydrogen) atoms. The lowest BCUT2D eigenvalue weighted by molar-refractivity contribution is 0.0378. The number of rotatable bonds is 4. The third-order valence-electron chi connectivity index (χ3n) is 2.80. The predicted octanol–water partition coefficient (Wildman–Crippen LogP) is 4.82. The minimum atomic E-state index is -0.332. The van der Waals surface area contributed by atoms with Gasteiger partial charge < -0.3 is 15.4 Å². The Bertz CT molecular complexity index is 702. The highest BCUT2D eigenvalue weighted by Crippen LogP contribution is 2.16. The van der Waals surface area contributed by atoms with Gasteiger partial charge in [-0.05, 0) is 68.5 Å². The normalized spacial score (nSPS) is 10.3. The van der Waals surface area contributed by atoms with Gasteiger partial charge in [-0.1, -0.05) is 22.0 Å². The van der Waals surface area contributed by atoms with Crippen LogP contribution in [0.15, 0.2) is 53.0 Å². The van der Waals surface area contributed by atoms with Gasteiger partial charge in [0.1, 0.15) is 0 Å². The SMILES string of the molecule is CC(C)OC(=O)c1ccc(NC(=S)Nc2cccc(Br)c2)cc1. The van der Waals surface area contributed by atoms with Crippen LogP contribution in [0.2, 0.25) is 0 Å². The Morgan fingerprint density at radius 3 is 2.35 bits per heavy atom. The molecule has 6 heteroatoms. The lowest BCUT2D eigenvalue weighted by Gasteiger charge is -2.12. The molecule has 0 amide bonds. The first-order valence-electron chi connectivity index (χ1n) is 7.08. The zero-order valence-corrected chi connectivity index (χ0v) is 15.2. The van der Waals surface area contributed by atoms with Crippen LogP contribution in [0, 0.1) is 0 Å². The standard InChI is InChI=1S/C17H17BrN2O2S/c1-11(2)22-16(21)12-6-8-14(9-7-12)19-17(23)20-15-5-3-4-13(18)10-15/h3-11H,1-2H3,(H2,19,20,23). The van der Waals surface area contributed by atoms with Gasteiger partial charge in [-0.25, -0.2) is 4.79 Å². The molecule has 0 heterocycles. The van der Waals surface area contributed by atoms with Crippen LogP contribution in [0.3, 0.4) is 0 Å². The van der Waals surface area contributed by atoms with Crippen LogP contribution in [-0.4, -0.2) is 17.2 Å². The molecule has 2 rings (SSSR count).